The Balaban J connectivity index is 1.83. The van der Waals surface area contributed by atoms with Crippen LogP contribution in [-0.4, -0.2) is 23.4 Å². The van der Waals surface area contributed by atoms with Crippen LogP contribution in [0.3, 0.4) is 0 Å². The number of hydrogen-bond acceptors (Lipinski definition) is 4. The van der Waals surface area contributed by atoms with Gasteiger partial charge < -0.3 is 0 Å². The lowest BCUT2D eigenvalue weighted by Gasteiger charge is -2.20. The molecule has 3 aromatic rings. The molecule has 1 heterocycles. The van der Waals surface area contributed by atoms with Gasteiger partial charge in [-0.3, -0.25) is 4.31 Å². The molecule has 8 heteroatoms. The minimum absolute atomic E-state index is 0.0901. The molecule has 4 rings (SSSR count). The number of benzene rings is 3. The van der Waals surface area contributed by atoms with Gasteiger partial charge in [0.15, 0.2) is 0 Å². The lowest BCUT2D eigenvalue weighted by molar-refractivity contribution is 0.580. The van der Waals surface area contributed by atoms with Crippen molar-refractivity contribution >= 4 is 46.0 Å². The van der Waals surface area contributed by atoms with Crippen LogP contribution >= 0.6 is 11.6 Å². The van der Waals surface area contributed by atoms with Gasteiger partial charge in [-0.05, 0) is 66.1 Å². The summed E-state index contributed by atoms with van der Waals surface area (Å²) in [6.07, 6.45) is 0.445. The summed E-state index contributed by atoms with van der Waals surface area (Å²) in [6, 6.07) is 14.7. The maximum absolute atomic E-state index is 13.0. The summed E-state index contributed by atoms with van der Waals surface area (Å²) < 4.78 is 52.7. The van der Waals surface area contributed by atoms with Gasteiger partial charge in [-0.15, -0.1) is 0 Å². The van der Waals surface area contributed by atoms with Crippen LogP contribution in [0.1, 0.15) is 11.1 Å². The molecule has 0 spiro atoms. The first-order chi connectivity index (χ1) is 12.7. The summed E-state index contributed by atoms with van der Waals surface area (Å²) >= 11 is 6.02. The number of hydrogen-bond donors (Lipinski definition) is 0. The molecule has 0 radical (unpaired) electrons. The quantitative estimate of drug-likeness (QED) is 0.601. The van der Waals surface area contributed by atoms with Crippen molar-refractivity contribution in [1.29, 1.82) is 0 Å². The highest BCUT2D eigenvalue weighted by molar-refractivity contribution is 8.67. The first-order valence-corrected chi connectivity index (χ1v) is 12.1. The number of halogens is 1. The molecule has 0 saturated carbocycles. The molecule has 0 saturated heterocycles. The molecule has 0 N–H and O–H groups in total. The molecule has 27 heavy (non-hydrogen) atoms. The highest BCUT2D eigenvalue weighted by Gasteiger charge is 2.41. The predicted octanol–water partition coefficient (Wildman–Crippen LogP) is 3.88. The highest BCUT2D eigenvalue weighted by atomic mass is 35.5. The molecule has 0 fully saturated rings. The molecular formula is C19H16ClNO4S2. The van der Waals surface area contributed by atoms with Crippen LogP contribution in [0.2, 0.25) is 5.02 Å². The van der Waals surface area contributed by atoms with Crippen LogP contribution in [0, 0.1) is 6.92 Å². The van der Waals surface area contributed by atoms with Crippen molar-refractivity contribution in [3.8, 4) is 0 Å². The van der Waals surface area contributed by atoms with Crippen LogP contribution in [0.15, 0.2) is 59.5 Å². The van der Waals surface area contributed by atoms with Crippen molar-refractivity contribution in [3.63, 3.8) is 0 Å². The van der Waals surface area contributed by atoms with E-state index in [2.05, 4.69) is 0 Å². The first kappa shape index (κ1) is 18.3. The third kappa shape index (κ3) is 2.90. The van der Waals surface area contributed by atoms with Crippen LogP contribution in [0.25, 0.3) is 10.8 Å². The fourth-order valence-corrected chi connectivity index (χ4v) is 7.35. The summed E-state index contributed by atoms with van der Waals surface area (Å²) in [7, 11) is -9.18. The van der Waals surface area contributed by atoms with Crippen molar-refractivity contribution in [2.75, 3.05) is 10.8 Å². The van der Waals surface area contributed by atoms with Gasteiger partial charge >= 0.3 is 17.9 Å². The van der Waals surface area contributed by atoms with Crippen molar-refractivity contribution in [2.24, 2.45) is 0 Å². The maximum atomic E-state index is 13.0. The van der Waals surface area contributed by atoms with E-state index in [4.69, 9.17) is 11.6 Å². The Labute approximate surface area is 162 Å². The zero-order valence-electron chi connectivity index (χ0n) is 14.4. The average Bonchev–Trinajstić information content (AvgIpc) is 3.03. The topological polar surface area (TPSA) is 71.5 Å². The van der Waals surface area contributed by atoms with E-state index >= 15 is 0 Å². The molecule has 5 nitrogen and oxygen atoms in total. The van der Waals surface area contributed by atoms with Crippen molar-refractivity contribution in [3.05, 3.63) is 70.7 Å². The second-order valence-electron chi connectivity index (χ2n) is 6.52. The van der Waals surface area contributed by atoms with E-state index in [1.54, 1.807) is 43.3 Å². The zero-order valence-corrected chi connectivity index (χ0v) is 16.8. The zero-order chi connectivity index (χ0) is 19.4. The molecule has 140 valence electrons. The van der Waals surface area contributed by atoms with E-state index in [-0.39, 0.29) is 11.4 Å². The van der Waals surface area contributed by atoms with Crippen LogP contribution < -0.4 is 4.31 Å². The molecule has 0 aromatic heterocycles. The molecule has 0 bridgehead atoms. The minimum Gasteiger partial charge on any atom is -0.257 e. The van der Waals surface area contributed by atoms with E-state index in [9.17, 15) is 16.8 Å². The summed E-state index contributed by atoms with van der Waals surface area (Å²) in [4.78, 5) is -0.228. The smallest absolute Gasteiger partial charge is 0.257 e. The second-order valence-corrected chi connectivity index (χ2v) is 12.2. The molecule has 0 atom stereocenters. The second kappa shape index (κ2) is 6.22. The molecule has 1 aliphatic rings. The summed E-state index contributed by atoms with van der Waals surface area (Å²) in [5.41, 5.74) is 2.04. The summed E-state index contributed by atoms with van der Waals surface area (Å²) in [6.45, 7) is 1.89. The number of fused-ring (bicyclic) bond motifs is 2. The molecule has 0 unspecified atom stereocenters. The van der Waals surface area contributed by atoms with Gasteiger partial charge in [-0.25, -0.2) is 8.42 Å². The standard InChI is InChI=1S/C19H16ClNO4S2/c1-13-2-6-18(7-3-13)26(22,23)27(24,25)21-9-8-15-10-16-11-17(20)5-4-14(16)12-19(15)21/h2-7,10-12H,8-9H2,1H3. The monoisotopic (exact) mass is 421 g/mol. The van der Waals surface area contributed by atoms with Gasteiger partial charge in [0.1, 0.15) is 0 Å². The minimum atomic E-state index is -4.61. The molecule has 3 aromatic carbocycles. The van der Waals surface area contributed by atoms with E-state index in [1.165, 1.54) is 12.1 Å². The Hall–Kier alpha value is -2.09. The third-order valence-corrected chi connectivity index (χ3v) is 10.0. The maximum Gasteiger partial charge on any atom is 0.346 e. The highest BCUT2D eigenvalue weighted by Crippen LogP contribution is 2.37. The van der Waals surface area contributed by atoms with E-state index in [0.29, 0.717) is 17.1 Å². The Kier molecular flexibility index (Phi) is 4.21. The molecule has 0 aliphatic carbocycles. The Morgan fingerprint density at radius 3 is 2.30 bits per heavy atom. The van der Waals surface area contributed by atoms with Gasteiger partial charge in [0.05, 0.1) is 10.6 Å². The lowest BCUT2D eigenvalue weighted by Crippen LogP contribution is -2.35. The van der Waals surface area contributed by atoms with E-state index < -0.39 is 17.9 Å². The number of aryl methyl sites for hydroxylation is 1. The van der Waals surface area contributed by atoms with Gasteiger partial charge in [-0.2, -0.15) is 8.42 Å². The number of nitrogens with zero attached hydrogens (tertiary/aromatic N) is 1. The molecule has 1 aliphatic heterocycles. The number of anilines is 1. The summed E-state index contributed by atoms with van der Waals surface area (Å²) in [5.74, 6) is 0. The third-order valence-electron chi connectivity index (χ3n) is 4.71. The van der Waals surface area contributed by atoms with Gasteiger partial charge in [0, 0.05) is 11.6 Å². The SMILES string of the molecule is Cc1ccc(S(=O)(=O)S(=O)(=O)N2CCc3cc4cc(Cl)ccc4cc32)cc1. The Morgan fingerprint density at radius 2 is 1.59 bits per heavy atom. The molecule has 0 amide bonds. The molecular weight excluding hydrogens is 406 g/mol. The van der Waals surface area contributed by atoms with Crippen LogP contribution in [0.4, 0.5) is 5.69 Å². The fourth-order valence-electron chi connectivity index (χ4n) is 3.26. The fraction of sp³-hybridized carbons (Fsp3) is 0.158. The predicted molar refractivity (Wildman–Crippen MR) is 107 cm³/mol. The van der Waals surface area contributed by atoms with Gasteiger partial charge in [-0.1, -0.05) is 35.4 Å². The Morgan fingerprint density at radius 1 is 0.889 bits per heavy atom. The van der Waals surface area contributed by atoms with Crippen molar-refractivity contribution < 1.29 is 16.8 Å². The summed E-state index contributed by atoms with van der Waals surface area (Å²) in [5, 5.41) is 2.28. The van der Waals surface area contributed by atoms with Gasteiger partial charge in [0.2, 0.25) is 0 Å². The first-order valence-electron chi connectivity index (χ1n) is 8.27. The lowest BCUT2D eigenvalue weighted by atomic mass is 10.1. The van der Waals surface area contributed by atoms with Gasteiger partial charge in [0.25, 0.3) is 0 Å². The van der Waals surface area contributed by atoms with Crippen LogP contribution in [0.5, 0.6) is 0 Å². The van der Waals surface area contributed by atoms with Crippen molar-refractivity contribution in [1.82, 2.24) is 0 Å². The van der Waals surface area contributed by atoms with Crippen LogP contribution in [-0.2, 0) is 24.3 Å². The Bertz CT molecular complexity index is 1270. The van der Waals surface area contributed by atoms with Crippen molar-refractivity contribution in [2.45, 2.75) is 18.2 Å². The number of rotatable bonds is 3. The van der Waals surface area contributed by atoms with E-state index in [0.717, 1.165) is 26.2 Å². The average molecular weight is 422 g/mol. The normalized spacial score (nSPS) is 14.5. The largest absolute Gasteiger partial charge is 0.346 e. The van der Waals surface area contributed by atoms with E-state index in [1.807, 2.05) is 6.07 Å².